The normalized spacial score (nSPS) is 23.0. The summed E-state index contributed by atoms with van der Waals surface area (Å²) in [5.74, 6) is 3.91. The van der Waals surface area contributed by atoms with Crippen LogP contribution in [0, 0.1) is 11.8 Å². The molecule has 0 saturated carbocycles. The Labute approximate surface area is 162 Å². The average molecular weight is 375 g/mol. The van der Waals surface area contributed by atoms with Gasteiger partial charge < -0.3 is 20.4 Å². The van der Waals surface area contributed by atoms with Crippen molar-refractivity contribution in [2.45, 2.75) is 33.1 Å². The summed E-state index contributed by atoms with van der Waals surface area (Å²) in [4.78, 5) is 14.2. The van der Waals surface area contributed by atoms with Gasteiger partial charge in [0.1, 0.15) is 11.6 Å². The van der Waals surface area contributed by atoms with Crippen molar-refractivity contribution in [1.29, 1.82) is 0 Å². The number of nitrogens with zero attached hydrogens (tertiary/aromatic N) is 4. The molecule has 7 heteroatoms. The van der Waals surface area contributed by atoms with Crippen LogP contribution in [0.15, 0.2) is 18.7 Å². The molecule has 2 aliphatic heterocycles. The maximum Gasteiger partial charge on any atom is 0.232 e. The molecule has 0 unspecified atom stereocenters. The number of thiocarbonyl (C=S) groups is 1. The van der Waals surface area contributed by atoms with Gasteiger partial charge in [-0.3, -0.25) is 0 Å². The fourth-order valence-corrected chi connectivity index (χ4v) is 4.08. The third-order valence-corrected chi connectivity index (χ3v) is 5.20. The number of anilines is 3. The highest BCUT2D eigenvalue weighted by molar-refractivity contribution is 7.80. The largest absolute Gasteiger partial charge is 0.359 e. The Morgan fingerprint density at radius 2 is 1.81 bits per heavy atom. The summed E-state index contributed by atoms with van der Waals surface area (Å²) in [6, 6.07) is 2.14. The monoisotopic (exact) mass is 374 g/mol. The van der Waals surface area contributed by atoms with E-state index in [4.69, 9.17) is 22.2 Å². The van der Waals surface area contributed by atoms with Crippen molar-refractivity contribution >= 4 is 34.9 Å². The summed E-state index contributed by atoms with van der Waals surface area (Å²) in [7, 11) is 0. The smallest absolute Gasteiger partial charge is 0.232 e. The molecule has 0 bridgehead atoms. The highest BCUT2D eigenvalue weighted by atomic mass is 32.1. The second-order valence-corrected chi connectivity index (χ2v) is 7.99. The van der Waals surface area contributed by atoms with Crippen molar-refractivity contribution in [3.8, 4) is 0 Å². The number of hydrogen-bond donors (Lipinski definition) is 2. The molecule has 0 aliphatic carbocycles. The summed E-state index contributed by atoms with van der Waals surface area (Å²) in [6.45, 7) is 13.2. The number of rotatable bonds is 5. The Kier molecular flexibility index (Phi) is 6.29. The summed E-state index contributed by atoms with van der Waals surface area (Å²) >= 11 is 5.34. The molecule has 1 aromatic rings. The van der Waals surface area contributed by atoms with E-state index in [0.717, 1.165) is 37.8 Å². The van der Waals surface area contributed by atoms with Crippen LogP contribution in [0.2, 0.25) is 0 Å². The second-order valence-electron chi connectivity index (χ2n) is 7.58. The van der Waals surface area contributed by atoms with Gasteiger partial charge in [-0.2, -0.15) is 9.97 Å². The Morgan fingerprint density at radius 3 is 2.42 bits per heavy atom. The maximum absolute atomic E-state index is 5.34. The molecule has 2 N–H and O–H groups in total. The van der Waals surface area contributed by atoms with Gasteiger partial charge in [-0.15, -0.1) is 6.58 Å². The van der Waals surface area contributed by atoms with Crippen LogP contribution in [0.5, 0.6) is 0 Å². The minimum absolute atomic E-state index is 0.523. The zero-order valence-corrected chi connectivity index (χ0v) is 16.7. The van der Waals surface area contributed by atoms with Crippen LogP contribution in [0.4, 0.5) is 17.6 Å². The van der Waals surface area contributed by atoms with Gasteiger partial charge in [-0.05, 0) is 43.3 Å². The fourth-order valence-electron chi connectivity index (χ4n) is 3.91. The lowest BCUT2D eigenvalue weighted by atomic mass is 9.92. The van der Waals surface area contributed by atoms with Gasteiger partial charge >= 0.3 is 0 Å². The van der Waals surface area contributed by atoms with E-state index in [1.165, 1.54) is 19.3 Å². The van der Waals surface area contributed by atoms with Crippen LogP contribution >= 0.6 is 12.2 Å². The van der Waals surface area contributed by atoms with E-state index in [-0.39, 0.29) is 0 Å². The topological polar surface area (TPSA) is 56.3 Å². The summed E-state index contributed by atoms with van der Waals surface area (Å²) in [6.07, 6.45) is 5.50. The Bertz CT molecular complexity index is 633. The van der Waals surface area contributed by atoms with Crippen LogP contribution in [0.25, 0.3) is 0 Å². The van der Waals surface area contributed by atoms with Crippen molar-refractivity contribution < 1.29 is 0 Å². The maximum atomic E-state index is 5.34. The van der Waals surface area contributed by atoms with Crippen LogP contribution in [-0.4, -0.2) is 47.8 Å². The molecule has 2 aliphatic rings. The lowest BCUT2D eigenvalue weighted by molar-refractivity contribution is 0.355. The molecule has 2 fully saturated rings. The Morgan fingerprint density at radius 1 is 1.19 bits per heavy atom. The second kappa shape index (κ2) is 8.66. The molecular weight excluding hydrogens is 344 g/mol. The third kappa shape index (κ3) is 4.84. The van der Waals surface area contributed by atoms with Crippen molar-refractivity contribution in [1.82, 2.24) is 15.3 Å². The number of nitrogens with one attached hydrogen (secondary N) is 2. The quantitative estimate of drug-likeness (QED) is 0.607. The molecule has 142 valence electrons. The lowest BCUT2D eigenvalue weighted by Gasteiger charge is -2.36. The predicted molar refractivity (Wildman–Crippen MR) is 113 cm³/mol. The van der Waals surface area contributed by atoms with Crippen molar-refractivity contribution in [3.05, 3.63) is 18.7 Å². The first kappa shape index (κ1) is 18.9. The molecule has 0 radical (unpaired) electrons. The van der Waals surface area contributed by atoms with Crippen LogP contribution < -0.4 is 20.4 Å². The average Bonchev–Trinajstić information content (AvgIpc) is 3.13. The fraction of sp³-hybridized carbons (Fsp3) is 0.632. The molecule has 2 saturated heterocycles. The number of hydrogen-bond acceptors (Lipinski definition) is 5. The number of aromatic nitrogens is 2. The zero-order chi connectivity index (χ0) is 18.5. The van der Waals surface area contributed by atoms with E-state index in [1.807, 2.05) is 0 Å². The zero-order valence-electron chi connectivity index (χ0n) is 15.9. The van der Waals surface area contributed by atoms with E-state index >= 15 is 0 Å². The van der Waals surface area contributed by atoms with E-state index in [0.29, 0.717) is 29.4 Å². The number of piperidine rings is 1. The summed E-state index contributed by atoms with van der Waals surface area (Å²) in [5.41, 5.74) is 0. The van der Waals surface area contributed by atoms with E-state index in [1.54, 1.807) is 6.08 Å². The molecule has 6 nitrogen and oxygen atoms in total. The van der Waals surface area contributed by atoms with Gasteiger partial charge in [0.2, 0.25) is 5.95 Å². The first-order valence-corrected chi connectivity index (χ1v) is 10.0. The molecule has 1 aromatic heterocycles. The van der Waals surface area contributed by atoms with Crippen LogP contribution in [0.1, 0.15) is 33.1 Å². The highest BCUT2D eigenvalue weighted by Gasteiger charge is 2.25. The molecule has 26 heavy (non-hydrogen) atoms. The standard InChI is InChI=1S/C19H30N6S/c1-4-7-20-19(26)23-18-21-16(24-8-5-6-9-24)11-17(22-18)25-12-14(2)10-15(3)13-25/h4,11,14-15H,1,5-10,12-13H2,2-3H3,(H2,20,21,22,23,26)/t14-,15-/m0/s1. The molecule has 0 spiro atoms. The van der Waals surface area contributed by atoms with Gasteiger partial charge in [0.15, 0.2) is 5.11 Å². The third-order valence-electron chi connectivity index (χ3n) is 4.95. The minimum Gasteiger partial charge on any atom is -0.359 e. The predicted octanol–water partition coefficient (Wildman–Crippen LogP) is 3.03. The van der Waals surface area contributed by atoms with Gasteiger partial charge in [0.25, 0.3) is 0 Å². The van der Waals surface area contributed by atoms with Crippen molar-refractivity contribution in [2.75, 3.05) is 47.8 Å². The van der Waals surface area contributed by atoms with Crippen molar-refractivity contribution in [2.24, 2.45) is 11.8 Å². The molecular formula is C19H30N6S. The van der Waals surface area contributed by atoms with Gasteiger partial charge in [0, 0.05) is 38.8 Å². The lowest BCUT2D eigenvalue weighted by Crippen LogP contribution is -2.39. The van der Waals surface area contributed by atoms with Gasteiger partial charge in [0.05, 0.1) is 0 Å². The van der Waals surface area contributed by atoms with Crippen LogP contribution in [-0.2, 0) is 0 Å². The van der Waals surface area contributed by atoms with Crippen molar-refractivity contribution in [3.63, 3.8) is 0 Å². The van der Waals surface area contributed by atoms with Gasteiger partial charge in [-0.25, -0.2) is 0 Å². The first-order valence-electron chi connectivity index (χ1n) is 9.60. The van der Waals surface area contributed by atoms with E-state index in [9.17, 15) is 0 Å². The van der Waals surface area contributed by atoms with Crippen LogP contribution in [0.3, 0.4) is 0 Å². The molecule has 0 amide bonds. The summed E-state index contributed by atoms with van der Waals surface area (Å²) in [5, 5.41) is 6.74. The highest BCUT2D eigenvalue weighted by Crippen LogP contribution is 2.29. The Hall–Kier alpha value is -1.89. The summed E-state index contributed by atoms with van der Waals surface area (Å²) < 4.78 is 0. The molecule has 0 aromatic carbocycles. The molecule has 2 atom stereocenters. The first-order chi connectivity index (χ1) is 12.5. The molecule has 3 heterocycles. The molecule has 3 rings (SSSR count). The van der Waals surface area contributed by atoms with E-state index < -0.39 is 0 Å². The van der Waals surface area contributed by atoms with Gasteiger partial charge in [-0.1, -0.05) is 19.9 Å². The van der Waals surface area contributed by atoms with E-state index in [2.05, 4.69) is 46.9 Å². The minimum atomic E-state index is 0.523. The SMILES string of the molecule is C=CCNC(=S)Nc1nc(N2CCCC2)cc(N2C[C@@H](C)C[C@H](C)C2)n1. The Balaban J connectivity index is 1.84.